The topological polar surface area (TPSA) is 228 Å². The lowest BCUT2D eigenvalue weighted by atomic mass is 10.1. The van der Waals surface area contributed by atoms with E-state index in [-0.39, 0.29) is 12.5 Å². The van der Waals surface area contributed by atoms with Crippen molar-refractivity contribution in [1.82, 2.24) is 5.32 Å². The number of amides is 2. The molecule has 166 valence electrons. The molecular formula is C18H33N5O6. The predicted molar refractivity (Wildman–Crippen MR) is 110 cm³/mol. The molecule has 2 unspecified atom stereocenters. The van der Waals surface area contributed by atoms with E-state index in [0.717, 1.165) is 11.3 Å². The molecule has 11 nitrogen and oxygen atoms in total. The van der Waals surface area contributed by atoms with E-state index >= 15 is 0 Å². The van der Waals surface area contributed by atoms with E-state index in [1.807, 2.05) is 0 Å². The third-order valence-electron chi connectivity index (χ3n) is 3.47. The van der Waals surface area contributed by atoms with Gasteiger partial charge in [-0.2, -0.15) is 0 Å². The summed E-state index contributed by atoms with van der Waals surface area (Å²) in [5, 5.41) is 27.5. The number of rotatable bonds is 8. The highest BCUT2D eigenvalue weighted by atomic mass is 16.4. The molecule has 0 aliphatic carbocycles. The minimum absolute atomic E-state index is 0.0208. The van der Waals surface area contributed by atoms with Crippen LogP contribution < -0.4 is 28.3 Å². The molecule has 2 atom stereocenters. The van der Waals surface area contributed by atoms with Gasteiger partial charge in [0.05, 0.1) is 6.61 Å². The highest BCUT2D eigenvalue weighted by Crippen LogP contribution is 2.04. The standard InChI is InChI=1S/C7H9NO.C6H13N3O3.C5H11NO2/c8-7-3-1-6(5-9)2-4-7;7-4(5(10)11)2-1-3-9-6(8)12;1-3(2)4(6)5(7)8/h1-4,9H,5,8H2;4H,1-3,7H2,(H,10,11)(H3,8,9,12);3-4H,6H2,1-2H3,(H,7,8). The Balaban J connectivity index is 0. The lowest BCUT2D eigenvalue weighted by Gasteiger charge is -2.07. The maximum absolute atomic E-state index is 10.2. The maximum Gasteiger partial charge on any atom is 0.320 e. The number of hydrogen-bond donors (Lipinski definition) is 8. The van der Waals surface area contributed by atoms with Gasteiger partial charge in [0, 0.05) is 12.2 Å². The van der Waals surface area contributed by atoms with Crippen LogP contribution in [0.5, 0.6) is 0 Å². The molecule has 0 bridgehead atoms. The van der Waals surface area contributed by atoms with E-state index < -0.39 is 30.1 Å². The van der Waals surface area contributed by atoms with Gasteiger partial charge in [0.1, 0.15) is 12.1 Å². The van der Waals surface area contributed by atoms with Crippen LogP contribution in [0.1, 0.15) is 32.3 Å². The van der Waals surface area contributed by atoms with Crippen LogP contribution in [0.15, 0.2) is 24.3 Å². The molecule has 0 heterocycles. The molecule has 29 heavy (non-hydrogen) atoms. The third-order valence-corrected chi connectivity index (χ3v) is 3.47. The Morgan fingerprint density at radius 2 is 1.55 bits per heavy atom. The molecule has 0 fully saturated rings. The minimum Gasteiger partial charge on any atom is -0.480 e. The van der Waals surface area contributed by atoms with E-state index in [2.05, 4.69) is 5.32 Å². The Bertz CT molecular complexity index is 609. The number of hydrogen-bond acceptors (Lipinski definition) is 7. The number of carboxylic acids is 2. The molecule has 0 spiro atoms. The first-order chi connectivity index (χ1) is 13.4. The largest absolute Gasteiger partial charge is 0.480 e. The van der Waals surface area contributed by atoms with Gasteiger partial charge in [-0.3, -0.25) is 9.59 Å². The first-order valence-electron chi connectivity index (χ1n) is 8.87. The van der Waals surface area contributed by atoms with Crippen LogP contribution >= 0.6 is 0 Å². The van der Waals surface area contributed by atoms with Gasteiger partial charge in [-0.05, 0) is 36.5 Å². The number of nitrogens with one attached hydrogen (secondary N) is 1. The van der Waals surface area contributed by atoms with Gasteiger partial charge in [-0.1, -0.05) is 26.0 Å². The van der Waals surface area contributed by atoms with Crippen molar-refractivity contribution in [3.05, 3.63) is 29.8 Å². The quantitative estimate of drug-likeness (QED) is 0.205. The molecule has 0 aliphatic rings. The average molecular weight is 415 g/mol. The first kappa shape index (κ1) is 28.3. The second-order valence-corrected chi connectivity index (χ2v) is 6.39. The van der Waals surface area contributed by atoms with Crippen LogP contribution in [0, 0.1) is 5.92 Å². The number of aliphatic hydroxyl groups is 1. The summed E-state index contributed by atoms with van der Waals surface area (Å²) < 4.78 is 0. The molecule has 1 rings (SSSR count). The van der Waals surface area contributed by atoms with Gasteiger partial charge >= 0.3 is 18.0 Å². The van der Waals surface area contributed by atoms with Crippen molar-refractivity contribution in [1.29, 1.82) is 0 Å². The maximum atomic E-state index is 10.2. The van der Waals surface area contributed by atoms with Crippen LogP contribution in [-0.2, 0) is 16.2 Å². The number of primary amides is 1. The summed E-state index contributed by atoms with van der Waals surface area (Å²) in [5.74, 6) is -1.94. The number of carbonyl (C=O) groups excluding carboxylic acids is 1. The molecular weight excluding hydrogens is 382 g/mol. The number of urea groups is 1. The smallest absolute Gasteiger partial charge is 0.320 e. The van der Waals surface area contributed by atoms with Crippen molar-refractivity contribution >= 4 is 23.7 Å². The number of nitrogens with two attached hydrogens (primary N) is 4. The summed E-state index contributed by atoms with van der Waals surface area (Å²) in [4.78, 5) is 30.3. The van der Waals surface area contributed by atoms with Crippen molar-refractivity contribution in [3.63, 3.8) is 0 Å². The van der Waals surface area contributed by atoms with Crippen LogP contribution in [0.4, 0.5) is 10.5 Å². The second-order valence-electron chi connectivity index (χ2n) is 6.39. The Hall–Kier alpha value is -2.89. The van der Waals surface area contributed by atoms with E-state index in [1.165, 1.54) is 0 Å². The molecule has 12 N–H and O–H groups in total. The second kappa shape index (κ2) is 16.1. The van der Waals surface area contributed by atoms with Gasteiger partial charge in [0.25, 0.3) is 0 Å². The van der Waals surface area contributed by atoms with Crippen molar-refractivity contribution in [2.75, 3.05) is 12.3 Å². The van der Waals surface area contributed by atoms with Gasteiger partial charge in [0.2, 0.25) is 0 Å². The van der Waals surface area contributed by atoms with Crippen LogP contribution in [0.3, 0.4) is 0 Å². The molecule has 1 aromatic rings. The van der Waals surface area contributed by atoms with Crippen LogP contribution in [-0.4, -0.2) is 51.9 Å². The Morgan fingerprint density at radius 3 is 1.86 bits per heavy atom. The predicted octanol–water partition coefficient (Wildman–Crippen LogP) is -0.338. The minimum atomic E-state index is -1.03. The Morgan fingerprint density at radius 1 is 1.03 bits per heavy atom. The van der Waals surface area contributed by atoms with E-state index in [1.54, 1.807) is 38.1 Å². The number of aliphatic carboxylic acids is 2. The lowest BCUT2D eigenvalue weighted by Crippen LogP contribution is -2.34. The normalized spacial score (nSPS) is 11.8. The summed E-state index contributed by atoms with van der Waals surface area (Å²) in [6.45, 7) is 3.99. The number of carboxylic acid groups (broad SMARTS) is 2. The molecule has 0 saturated carbocycles. The Kier molecular flexibility index (Phi) is 15.7. The number of carbonyl (C=O) groups is 3. The molecule has 11 heteroatoms. The van der Waals surface area contributed by atoms with Crippen molar-refractivity contribution in [3.8, 4) is 0 Å². The third kappa shape index (κ3) is 17.0. The van der Waals surface area contributed by atoms with E-state index in [0.29, 0.717) is 19.4 Å². The first-order valence-corrected chi connectivity index (χ1v) is 8.87. The van der Waals surface area contributed by atoms with Gasteiger partial charge in [0.15, 0.2) is 0 Å². The molecule has 0 radical (unpaired) electrons. The fraction of sp³-hybridized carbons (Fsp3) is 0.500. The fourth-order valence-corrected chi connectivity index (χ4v) is 1.57. The summed E-state index contributed by atoms with van der Waals surface area (Å²) in [6, 6.07) is 4.95. The number of nitrogen functional groups attached to an aromatic ring is 1. The zero-order valence-corrected chi connectivity index (χ0v) is 16.7. The molecule has 0 aromatic heterocycles. The van der Waals surface area contributed by atoms with Crippen molar-refractivity contribution in [2.45, 2.75) is 45.4 Å². The van der Waals surface area contributed by atoms with Crippen molar-refractivity contribution < 1.29 is 29.7 Å². The molecule has 0 aliphatic heterocycles. The summed E-state index contributed by atoms with van der Waals surface area (Å²) in [7, 11) is 0. The average Bonchev–Trinajstić information content (AvgIpc) is 2.65. The summed E-state index contributed by atoms with van der Waals surface area (Å²) in [5.41, 5.74) is 22.1. The number of anilines is 1. The molecule has 2 amide bonds. The van der Waals surface area contributed by atoms with Crippen LogP contribution in [0.25, 0.3) is 0 Å². The number of benzene rings is 1. The fourth-order valence-electron chi connectivity index (χ4n) is 1.57. The molecule has 1 aromatic carbocycles. The molecule has 0 saturated heterocycles. The highest BCUT2D eigenvalue weighted by Gasteiger charge is 2.14. The summed E-state index contributed by atoms with van der Waals surface area (Å²) >= 11 is 0. The van der Waals surface area contributed by atoms with E-state index in [9.17, 15) is 14.4 Å². The van der Waals surface area contributed by atoms with E-state index in [4.69, 9.17) is 38.3 Å². The van der Waals surface area contributed by atoms with Gasteiger partial charge < -0.3 is 43.6 Å². The Labute approximate surface area is 170 Å². The zero-order valence-electron chi connectivity index (χ0n) is 16.7. The number of aliphatic hydroxyl groups excluding tert-OH is 1. The van der Waals surface area contributed by atoms with Gasteiger partial charge in [-0.25, -0.2) is 4.79 Å². The monoisotopic (exact) mass is 415 g/mol. The summed E-state index contributed by atoms with van der Waals surface area (Å²) in [6.07, 6.45) is 0.839. The van der Waals surface area contributed by atoms with Crippen molar-refractivity contribution in [2.24, 2.45) is 23.1 Å². The van der Waals surface area contributed by atoms with Gasteiger partial charge in [-0.15, -0.1) is 0 Å². The van der Waals surface area contributed by atoms with Crippen LogP contribution in [0.2, 0.25) is 0 Å². The zero-order chi connectivity index (χ0) is 23.0. The lowest BCUT2D eigenvalue weighted by molar-refractivity contribution is -0.140. The highest BCUT2D eigenvalue weighted by molar-refractivity contribution is 5.73. The SMILES string of the molecule is CC(C)C(N)C(=O)O.NC(=O)NCCCC(N)C(=O)O.Nc1ccc(CO)cc1.